The number of piperidine rings is 1. The first-order valence-corrected chi connectivity index (χ1v) is 28.3. The molecule has 3 fully saturated rings. The van der Waals surface area contributed by atoms with Crippen molar-refractivity contribution >= 4 is 29.2 Å². The van der Waals surface area contributed by atoms with Crippen LogP contribution in [0.1, 0.15) is 126 Å². The topological polar surface area (TPSA) is 190 Å². The number of fused-ring (bicyclic) bond motifs is 3. The van der Waals surface area contributed by atoms with Gasteiger partial charge < -0.3 is 57.0 Å². The van der Waals surface area contributed by atoms with Gasteiger partial charge in [0.25, 0.3) is 11.7 Å². The van der Waals surface area contributed by atoms with Gasteiger partial charge in [0.1, 0.15) is 30.1 Å². The molecule has 17 nitrogen and oxygen atoms in total. The molecular weight excluding hydrogens is 991 g/mol. The van der Waals surface area contributed by atoms with Crippen LogP contribution in [-0.4, -0.2) is 178 Å². The van der Waals surface area contributed by atoms with Crippen molar-refractivity contribution in [1.29, 1.82) is 0 Å². The number of nitrogens with zero attached hydrogens (tertiary/aromatic N) is 1. The van der Waals surface area contributed by atoms with Gasteiger partial charge in [0.15, 0.2) is 5.78 Å². The third-order valence-electron chi connectivity index (χ3n) is 16.3. The number of carbonyl (C=O) groups is 5. The number of carbonyl (C=O) groups excluding carboxylic acids is 5. The van der Waals surface area contributed by atoms with E-state index in [0.29, 0.717) is 83.6 Å². The molecule has 0 aromatic heterocycles. The molecule has 0 N–H and O–H groups in total. The highest BCUT2D eigenvalue weighted by atomic mass is 16.7. The molecule has 0 aromatic carbocycles. The van der Waals surface area contributed by atoms with E-state index < -0.39 is 71.8 Å². The first kappa shape index (κ1) is 66.0. The van der Waals surface area contributed by atoms with Crippen LogP contribution in [0.15, 0.2) is 47.6 Å². The van der Waals surface area contributed by atoms with Gasteiger partial charge in [-0.25, -0.2) is 4.79 Å². The van der Waals surface area contributed by atoms with E-state index in [1.807, 2.05) is 58.9 Å². The summed E-state index contributed by atoms with van der Waals surface area (Å²) >= 11 is 0. The highest BCUT2D eigenvalue weighted by Crippen LogP contribution is 2.40. The molecule has 0 spiro atoms. The highest BCUT2D eigenvalue weighted by Gasteiger charge is 2.55. The van der Waals surface area contributed by atoms with Crippen molar-refractivity contribution in [2.45, 2.75) is 180 Å². The summed E-state index contributed by atoms with van der Waals surface area (Å²) in [5.41, 5.74) is 1.56. The number of esters is 1. The minimum Gasteiger partial charge on any atom is -0.460 e. The Morgan fingerprint density at radius 2 is 1.40 bits per heavy atom. The lowest BCUT2D eigenvalue weighted by atomic mass is 9.78. The molecule has 17 heteroatoms. The van der Waals surface area contributed by atoms with Crippen LogP contribution in [0.25, 0.3) is 0 Å². The molecule has 4 rings (SSSR count). The molecule has 1 saturated carbocycles. The monoisotopic (exact) mass is 1090 g/mol. The van der Waals surface area contributed by atoms with Crippen molar-refractivity contribution < 1.29 is 76.1 Å². The predicted octanol–water partition coefficient (Wildman–Crippen LogP) is 8.19. The van der Waals surface area contributed by atoms with Crippen LogP contribution in [0.4, 0.5) is 0 Å². The first-order chi connectivity index (χ1) is 36.9. The average molecular weight is 1090 g/mol. The lowest BCUT2D eigenvalue weighted by Gasteiger charge is -2.45. The minimum absolute atomic E-state index is 0.0266. The fourth-order valence-electron chi connectivity index (χ4n) is 11.6. The number of Topliss-reactive ketones (excluding diaryl/α,β-unsaturated/α-hetero) is 3. The second kappa shape index (κ2) is 33.9. The number of ketones is 3. The Morgan fingerprint density at radius 1 is 0.714 bits per heavy atom. The number of ether oxygens (including phenoxy) is 11. The molecule has 3 aliphatic heterocycles. The molecule has 2 saturated heterocycles. The van der Waals surface area contributed by atoms with Crippen LogP contribution >= 0.6 is 0 Å². The van der Waals surface area contributed by atoms with Crippen LogP contribution < -0.4 is 0 Å². The van der Waals surface area contributed by atoms with E-state index >= 15 is 0 Å². The molecule has 77 heavy (non-hydrogen) atoms. The Kier molecular flexibility index (Phi) is 29.1. The van der Waals surface area contributed by atoms with E-state index in [1.54, 1.807) is 34.3 Å². The number of methoxy groups -OCH3 is 6. The minimum atomic E-state index is -1.93. The number of cyclic esters (lactones) is 1. The smallest absolute Gasteiger partial charge is 0.329 e. The van der Waals surface area contributed by atoms with Crippen molar-refractivity contribution in [2.75, 3.05) is 88.8 Å². The second-order valence-corrected chi connectivity index (χ2v) is 22.0. The zero-order valence-electron chi connectivity index (χ0n) is 49.0. The van der Waals surface area contributed by atoms with Gasteiger partial charge in [0, 0.05) is 79.8 Å². The number of amides is 1. The van der Waals surface area contributed by atoms with Crippen molar-refractivity contribution in [3.63, 3.8) is 0 Å². The summed E-state index contributed by atoms with van der Waals surface area (Å²) in [7, 11) is 9.40. The van der Waals surface area contributed by atoms with Gasteiger partial charge >= 0.3 is 5.97 Å². The summed E-state index contributed by atoms with van der Waals surface area (Å²) in [6.07, 6.45) is 14.4. The Morgan fingerprint density at radius 3 is 2.06 bits per heavy atom. The van der Waals surface area contributed by atoms with Crippen molar-refractivity contribution in [1.82, 2.24) is 4.90 Å². The van der Waals surface area contributed by atoms with Crippen molar-refractivity contribution in [3.05, 3.63) is 47.6 Å². The quantitative estimate of drug-likeness (QED) is 0.0552. The lowest BCUT2D eigenvalue weighted by Crippen LogP contribution is -2.61. The van der Waals surface area contributed by atoms with E-state index in [2.05, 4.69) is 13.0 Å². The molecule has 1 amide bonds. The Hall–Kier alpha value is -3.49. The number of hydrogen-bond acceptors (Lipinski definition) is 16. The SMILES string of the molecule is COCCOCCOCCOC1C[C@@H]2CC[C@@H](C)[C@@](OC)(O2)C(=O)C(=O)N2CCCC[C@H]2C(=O)O[C@H]([C@H](C)C[C@@H]2CC[C@@H](OC)[C@H](OC)C2)CC(=O)[C@H](C)/C=C(\C)[C@@H](OC)[C@@H](OC)C(=O)[C@H](C)C[C@H](C)/C=C/C=C/C=C/1C. The fourth-order valence-corrected chi connectivity index (χ4v) is 11.6. The second-order valence-electron chi connectivity index (χ2n) is 22.0. The average Bonchev–Trinajstić information content (AvgIpc) is 3.43. The highest BCUT2D eigenvalue weighted by molar-refractivity contribution is 6.39. The summed E-state index contributed by atoms with van der Waals surface area (Å²) < 4.78 is 65.3. The largest absolute Gasteiger partial charge is 0.460 e. The fraction of sp³-hybridized carbons (Fsp3) is 0.783. The van der Waals surface area contributed by atoms with Gasteiger partial charge in [0.05, 0.1) is 64.1 Å². The Bertz CT molecular complexity index is 1970. The van der Waals surface area contributed by atoms with E-state index in [0.717, 1.165) is 24.8 Å². The van der Waals surface area contributed by atoms with Crippen LogP contribution in [0, 0.1) is 35.5 Å². The number of hydrogen-bond donors (Lipinski definition) is 0. The van der Waals surface area contributed by atoms with Crippen LogP contribution in [-0.2, 0) is 76.1 Å². The normalized spacial score (nSPS) is 36.0. The molecule has 438 valence electrons. The molecule has 2 bridgehead atoms. The maximum atomic E-state index is 14.9. The predicted molar refractivity (Wildman–Crippen MR) is 292 cm³/mol. The van der Waals surface area contributed by atoms with Gasteiger partial charge in [-0.3, -0.25) is 19.2 Å². The molecule has 0 radical (unpaired) electrons. The summed E-state index contributed by atoms with van der Waals surface area (Å²) in [6, 6.07) is -1.08. The zero-order valence-corrected chi connectivity index (χ0v) is 49.0. The van der Waals surface area contributed by atoms with Crippen LogP contribution in [0.2, 0.25) is 0 Å². The van der Waals surface area contributed by atoms with Crippen molar-refractivity contribution in [3.8, 4) is 0 Å². The summed E-state index contributed by atoms with van der Waals surface area (Å²) in [5.74, 6) is -6.18. The molecule has 1 aliphatic carbocycles. The van der Waals surface area contributed by atoms with E-state index in [-0.39, 0.29) is 73.4 Å². The lowest BCUT2D eigenvalue weighted by molar-refractivity contribution is -0.277. The van der Waals surface area contributed by atoms with E-state index in [1.165, 1.54) is 26.2 Å². The summed E-state index contributed by atoms with van der Waals surface area (Å²) in [5, 5.41) is 0. The third kappa shape index (κ3) is 19.3. The summed E-state index contributed by atoms with van der Waals surface area (Å²) in [6.45, 7) is 15.9. The third-order valence-corrected chi connectivity index (χ3v) is 16.3. The first-order valence-electron chi connectivity index (χ1n) is 28.3. The molecule has 15 atom stereocenters. The van der Waals surface area contributed by atoms with Crippen molar-refractivity contribution in [2.24, 2.45) is 35.5 Å². The molecular formula is C60H97NO16. The number of allylic oxidation sites excluding steroid dienone is 6. The van der Waals surface area contributed by atoms with Gasteiger partial charge in [-0.2, -0.15) is 0 Å². The van der Waals surface area contributed by atoms with Gasteiger partial charge in [-0.05, 0) is 107 Å². The molecule has 0 aromatic rings. The Balaban J connectivity index is 1.72. The van der Waals surface area contributed by atoms with Gasteiger partial charge in [-0.1, -0.05) is 71.1 Å². The molecule has 3 heterocycles. The van der Waals surface area contributed by atoms with Crippen LogP contribution in [0.3, 0.4) is 0 Å². The van der Waals surface area contributed by atoms with E-state index in [4.69, 9.17) is 52.1 Å². The molecule has 1 unspecified atom stereocenters. The summed E-state index contributed by atoms with van der Waals surface area (Å²) in [4.78, 5) is 74.2. The van der Waals surface area contributed by atoms with Gasteiger partial charge in [0.2, 0.25) is 5.79 Å². The maximum absolute atomic E-state index is 14.9. The van der Waals surface area contributed by atoms with E-state index in [9.17, 15) is 24.0 Å². The standard InChI is InChI=1S/C60H97NO16/c1-39-19-15-14-16-20-40(2)51(75-32-31-74-30-29-73-28-27-67-8)37-47-24-22-45(7)60(72-13,77-47)57(64)58(65)61-26-18-17-21-48(61)59(66)76-52(42(4)35-46-23-25-50(68-9)53(36-46)69-10)38-49(62)41(3)34-44(6)55(70-11)56(71-12)54(63)43(5)33-39/h14-16,19-20,34,39,41-43,45-48,50-53,55-56H,17-18,21-33,35-38H2,1-13H3/b16-14+,19-15+,40-20+,44-34+/t39-,41-,42-,43-,45-,46+,47+,48+,50-,51?,52+,53-,55-,56+,60-/m1/s1. The van der Waals surface area contributed by atoms with Crippen LogP contribution in [0.5, 0.6) is 0 Å². The zero-order chi connectivity index (χ0) is 56.7. The Labute approximate surface area is 460 Å². The maximum Gasteiger partial charge on any atom is 0.329 e. The van der Waals surface area contributed by atoms with Gasteiger partial charge in [-0.15, -0.1) is 0 Å². The number of rotatable bonds is 18. The molecule has 4 aliphatic rings.